The molecular formula is C12H19N3O4S. The number of hydrogen-bond acceptors (Lipinski definition) is 5. The molecule has 1 rings (SSSR count). The van der Waals surface area contributed by atoms with Crippen molar-refractivity contribution >= 4 is 23.8 Å². The molecule has 1 aromatic heterocycles. The molecule has 0 unspecified atom stereocenters. The summed E-state index contributed by atoms with van der Waals surface area (Å²) in [7, 11) is 0. The number of aliphatic carboxylic acids is 1. The first-order valence-corrected chi connectivity index (χ1v) is 7.49. The number of carbonyl (C=O) groups is 2. The summed E-state index contributed by atoms with van der Waals surface area (Å²) in [6.07, 6.45) is 1.47. The number of carboxylic acids is 1. The number of ether oxygens (including phenoxy) is 1. The number of carbonyl (C=O) groups excluding carboxylic acids is 1. The van der Waals surface area contributed by atoms with Crippen molar-refractivity contribution in [3.8, 4) is 0 Å². The van der Waals surface area contributed by atoms with Gasteiger partial charge in [0.2, 0.25) is 0 Å². The molecule has 1 heterocycles. The fourth-order valence-electron chi connectivity index (χ4n) is 1.60. The van der Waals surface area contributed by atoms with Gasteiger partial charge in [-0.1, -0.05) is 0 Å². The first kappa shape index (κ1) is 16.4. The second kappa shape index (κ2) is 7.78. The molecule has 0 bridgehead atoms. The van der Waals surface area contributed by atoms with Crippen LogP contribution in [0.5, 0.6) is 0 Å². The summed E-state index contributed by atoms with van der Waals surface area (Å²) >= 11 is 1.52. The van der Waals surface area contributed by atoms with E-state index in [1.54, 1.807) is 0 Å². The van der Waals surface area contributed by atoms with Gasteiger partial charge in [-0.15, -0.1) is 0 Å². The van der Waals surface area contributed by atoms with Crippen LogP contribution in [-0.4, -0.2) is 45.0 Å². The summed E-state index contributed by atoms with van der Waals surface area (Å²) in [6, 6.07) is 0.926. The van der Waals surface area contributed by atoms with Crippen molar-refractivity contribution in [2.45, 2.75) is 33.0 Å². The lowest BCUT2D eigenvalue weighted by atomic mass is 10.2. The fraction of sp³-hybridized carbons (Fsp3) is 0.583. The maximum atomic E-state index is 11.6. The van der Waals surface area contributed by atoms with Crippen molar-refractivity contribution in [1.82, 2.24) is 15.1 Å². The minimum atomic E-state index is -1.07. The minimum absolute atomic E-state index is 0.0413. The van der Waals surface area contributed by atoms with Gasteiger partial charge in [-0.25, -0.2) is 14.3 Å². The maximum absolute atomic E-state index is 11.6. The van der Waals surface area contributed by atoms with E-state index in [0.29, 0.717) is 12.2 Å². The number of rotatable bonds is 7. The zero-order valence-corrected chi connectivity index (χ0v) is 12.6. The van der Waals surface area contributed by atoms with Crippen LogP contribution in [0.15, 0.2) is 6.07 Å². The Balaban J connectivity index is 2.45. The largest absolute Gasteiger partial charge is 0.480 e. The molecule has 0 saturated heterocycles. The molecular weight excluding hydrogens is 282 g/mol. The lowest BCUT2D eigenvalue weighted by Gasteiger charge is -2.14. The summed E-state index contributed by atoms with van der Waals surface area (Å²) < 4.78 is 6.50. The molecule has 8 heteroatoms. The van der Waals surface area contributed by atoms with Gasteiger partial charge in [0.25, 0.3) is 0 Å². The Morgan fingerprint density at radius 2 is 2.25 bits per heavy atom. The molecule has 112 valence electrons. The number of alkyl carbamates (subject to hydrolysis) is 1. The smallest absolute Gasteiger partial charge is 0.409 e. The van der Waals surface area contributed by atoms with Gasteiger partial charge in [0.05, 0.1) is 5.69 Å². The molecule has 1 aromatic rings. The number of nitrogens with one attached hydrogen (secondary N) is 1. The molecule has 0 aliphatic carbocycles. The molecule has 20 heavy (non-hydrogen) atoms. The predicted octanol–water partition coefficient (Wildman–Crippen LogP) is 1.39. The number of thioether (sulfide) groups is 1. The highest BCUT2D eigenvalue weighted by molar-refractivity contribution is 7.98. The number of aromatic nitrogens is 2. The Labute approximate surface area is 121 Å². The van der Waals surface area contributed by atoms with Gasteiger partial charge in [-0.05, 0) is 38.3 Å². The van der Waals surface area contributed by atoms with E-state index in [2.05, 4.69) is 10.4 Å². The topological polar surface area (TPSA) is 93.5 Å². The van der Waals surface area contributed by atoms with Gasteiger partial charge in [0.1, 0.15) is 6.04 Å². The third kappa shape index (κ3) is 5.12. The summed E-state index contributed by atoms with van der Waals surface area (Å²) in [5.41, 5.74) is 1.70. The molecule has 1 amide bonds. The Bertz CT molecular complexity index is 475. The van der Waals surface area contributed by atoms with Crippen molar-refractivity contribution in [3.05, 3.63) is 17.5 Å². The van der Waals surface area contributed by atoms with E-state index in [1.165, 1.54) is 16.4 Å². The first-order chi connectivity index (χ1) is 9.43. The molecule has 0 radical (unpaired) electrons. The number of carboxylic acid groups (broad SMARTS) is 1. The summed E-state index contributed by atoms with van der Waals surface area (Å²) in [5.74, 6) is -0.420. The van der Waals surface area contributed by atoms with Crippen LogP contribution in [0.25, 0.3) is 0 Å². The molecule has 0 fully saturated rings. The molecule has 0 saturated carbocycles. The average molecular weight is 301 g/mol. The van der Waals surface area contributed by atoms with Gasteiger partial charge in [0, 0.05) is 5.69 Å². The molecule has 0 aromatic carbocycles. The maximum Gasteiger partial charge on any atom is 0.409 e. The van der Waals surface area contributed by atoms with Crippen LogP contribution in [0.4, 0.5) is 4.79 Å². The molecule has 0 aliphatic rings. The summed E-state index contributed by atoms with van der Waals surface area (Å²) in [4.78, 5) is 22.5. The zero-order chi connectivity index (χ0) is 15.1. The monoisotopic (exact) mass is 301 g/mol. The molecule has 0 spiro atoms. The highest BCUT2D eigenvalue weighted by Crippen LogP contribution is 2.03. The summed E-state index contributed by atoms with van der Waals surface area (Å²) in [5, 5.41) is 15.5. The van der Waals surface area contributed by atoms with E-state index < -0.39 is 18.1 Å². The first-order valence-electron chi connectivity index (χ1n) is 6.10. The number of hydrogen-bond donors (Lipinski definition) is 2. The van der Waals surface area contributed by atoms with Gasteiger partial charge in [0.15, 0.2) is 6.73 Å². The van der Waals surface area contributed by atoms with Crippen molar-refractivity contribution in [2.75, 3.05) is 12.0 Å². The van der Waals surface area contributed by atoms with E-state index in [1.807, 2.05) is 26.2 Å². The van der Waals surface area contributed by atoms with Crippen molar-refractivity contribution in [3.63, 3.8) is 0 Å². The third-order valence-corrected chi connectivity index (χ3v) is 3.27. The van der Waals surface area contributed by atoms with Crippen LogP contribution in [0.1, 0.15) is 17.8 Å². The van der Waals surface area contributed by atoms with Gasteiger partial charge in [-0.3, -0.25) is 0 Å². The van der Waals surface area contributed by atoms with Gasteiger partial charge in [-0.2, -0.15) is 16.9 Å². The van der Waals surface area contributed by atoms with Crippen LogP contribution < -0.4 is 5.32 Å². The Morgan fingerprint density at radius 1 is 1.55 bits per heavy atom. The van der Waals surface area contributed by atoms with Gasteiger partial charge < -0.3 is 15.2 Å². The Kier molecular flexibility index (Phi) is 6.37. The van der Waals surface area contributed by atoms with Crippen LogP contribution in [0, 0.1) is 13.8 Å². The van der Waals surface area contributed by atoms with E-state index in [9.17, 15) is 9.59 Å². The average Bonchev–Trinajstić information content (AvgIpc) is 2.70. The van der Waals surface area contributed by atoms with E-state index in [4.69, 9.17) is 9.84 Å². The highest BCUT2D eigenvalue weighted by Gasteiger charge is 2.20. The quantitative estimate of drug-likeness (QED) is 0.790. The van der Waals surface area contributed by atoms with Crippen LogP contribution in [0.3, 0.4) is 0 Å². The van der Waals surface area contributed by atoms with Crippen molar-refractivity contribution in [2.24, 2.45) is 0 Å². The third-order valence-electron chi connectivity index (χ3n) is 2.62. The Morgan fingerprint density at radius 3 is 2.75 bits per heavy atom. The fourth-order valence-corrected chi connectivity index (χ4v) is 2.07. The standard InChI is InChI=1S/C12H19N3O4S/c1-8-6-9(2)15(14-8)7-19-12(18)13-10(11(16)17)4-5-20-3/h6,10H,4-5,7H2,1-3H3,(H,13,18)(H,16,17)/t10-/m0/s1. The number of aryl methyl sites for hydroxylation is 2. The highest BCUT2D eigenvalue weighted by atomic mass is 32.2. The van der Waals surface area contributed by atoms with E-state index in [0.717, 1.165) is 11.4 Å². The van der Waals surface area contributed by atoms with Gasteiger partial charge >= 0.3 is 12.1 Å². The van der Waals surface area contributed by atoms with E-state index >= 15 is 0 Å². The van der Waals surface area contributed by atoms with Crippen molar-refractivity contribution in [1.29, 1.82) is 0 Å². The predicted molar refractivity (Wildman–Crippen MR) is 75.7 cm³/mol. The van der Waals surface area contributed by atoms with Crippen LogP contribution >= 0.6 is 11.8 Å². The second-order valence-electron chi connectivity index (χ2n) is 4.30. The summed E-state index contributed by atoms with van der Waals surface area (Å²) in [6.45, 7) is 3.65. The second-order valence-corrected chi connectivity index (χ2v) is 5.29. The molecule has 7 nitrogen and oxygen atoms in total. The SMILES string of the molecule is CSCC[C@H](NC(=O)OCn1nc(C)cc1C)C(=O)O. The molecule has 0 aliphatic heterocycles. The zero-order valence-electron chi connectivity index (χ0n) is 11.8. The minimum Gasteiger partial charge on any atom is -0.480 e. The van der Waals surface area contributed by atoms with Crippen LogP contribution in [-0.2, 0) is 16.3 Å². The Hall–Kier alpha value is -1.70. The lowest BCUT2D eigenvalue weighted by Crippen LogP contribution is -2.41. The number of nitrogens with zero attached hydrogens (tertiary/aromatic N) is 2. The molecule has 2 N–H and O–H groups in total. The van der Waals surface area contributed by atoms with E-state index in [-0.39, 0.29) is 6.73 Å². The number of amides is 1. The lowest BCUT2D eigenvalue weighted by molar-refractivity contribution is -0.139. The van der Waals surface area contributed by atoms with Crippen LogP contribution in [0.2, 0.25) is 0 Å². The normalized spacial score (nSPS) is 11.9. The van der Waals surface area contributed by atoms with Crippen molar-refractivity contribution < 1.29 is 19.4 Å². The molecule has 1 atom stereocenters.